The Bertz CT molecular complexity index is 1170. The van der Waals surface area contributed by atoms with E-state index in [1.54, 1.807) is 12.3 Å². The van der Waals surface area contributed by atoms with E-state index in [-0.39, 0.29) is 34.4 Å². The van der Waals surface area contributed by atoms with Gasteiger partial charge in [0.15, 0.2) is 5.78 Å². The van der Waals surface area contributed by atoms with Crippen molar-refractivity contribution >= 4 is 27.4 Å². The van der Waals surface area contributed by atoms with Crippen LogP contribution in [-0.4, -0.2) is 36.3 Å². The van der Waals surface area contributed by atoms with Crippen LogP contribution >= 0.6 is 11.6 Å². The number of aryl methyl sites for hydroxylation is 1. The third kappa shape index (κ3) is 6.03. The molecule has 0 atom stereocenters. The second-order valence-electron chi connectivity index (χ2n) is 6.43. The maximum atomic E-state index is 13.2. The van der Waals surface area contributed by atoms with Crippen molar-refractivity contribution in [1.82, 2.24) is 19.7 Å². The minimum Gasteiger partial charge on any atom is -0.481 e. The van der Waals surface area contributed by atoms with E-state index in [9.17, 15) is 17.6 Å². The summed E-state index contributed by atoms with van der Waals surface area (Å²) in [6.45, 7) is -0.156. The summed E-state index contributed by atoms with van der Waals surface area (Å²) >= 11 is 5.63. The quantitative estimate of drug-likeness (QED) is 0.484. The number of Topliss-reactive ketones (excluding diaryl/α,β-unsaturated/α-hetero) is 1. The van der Waals surface area contributed by atoms with Gasteiger partial charge in [-0.15, -0.1) is 0 Å². The van der Waals surface area contributed by atoms with Gasteiger partial charge in [-0.3, -0.25) is 9.78 Å². The number of carbonyl (C=O) groups is 1. The summed E-state index contributed by atoms with van der Waals surface area (Å²) in [4.78, 5) is 24.4. The van der Waals surface area contributed by atoms with Crippen molar-refractivity contribution in [3.63, 3.8) is 0 Å². The van der Waals surface area contributed by atoms with Crippen molar-refractivity contribution in [3.8, 4) is 5.88 Å². The fourth-order valence-corrected chi connectivity index (χ4v) is 3.82. The zero-order valence-corrected chi connectivity index (χ0v) is 18.0. The van der Waals surface area contributed by atoms with Gasteiger partial charge in [-0.2, -0.15) is 0 Å². The van der Waals surface area contributed by atoms with E-state index in [2.05, 4.69) is 19.7 Å². The Balaban J connectivity index is 1.56. The number of hydrogen-bond donors (Lipinski definition) is 1. The van der Waals surface area contributed by atoms with Gasteiger partial charge in [-0.1, -0.05) is 17.7 Å². The molecule has 0 saturated carbocycles. The number of rotatable bonds is 9. The molecule has 0 aliphatic heterocycles. The zero-order chi connectivity index (χ0) is 22.4. The van der Waals surface area contributed by atoms with Crippen LogP contribution in [-0.2, 0) is 23.0 Å². The Morgan fingerprint density at radius 2 is 1.94 bits per heavy atom. The molecule has 0 aliphatic rings. The average Bonchev–Trinajstić information content (AvgIpc) is 2.78. The van der Waals surface area contributed by atoms with Gasteiger partial charge in [-0.25, -0.2) is 27.5 Å². The molecule has 0 saturated heterocycles. The van der Waals surface area contributed by atoms with Gasteiger partial charge in [0, 0.05) is 18.7 Å². The maximum absolute atomic E-state index is 13.2. The molecule has 0 spiro atoms. The summed E-state index contributed by atoms with van der Waals surface area (Å²) in [6, 6.07) is 6.64. The first-order valence-corrected chi connectivity index (χ1v) is 10.9. The third-order valence-corrected chi connectivity index (χ3v) is 5.97. The van der Waals surface area contributed by atoms with Crippen molar-refractivity contribution in [3.05, 3.63) is 76.7 Å². The molecular formula is C20H18ClFN4O4S. The second kappa shape index (κ2) is 9.90. The number of halogens is 2. The van der Waals surface area contributed by atoms with E-state index >= 15 is 0 Å². The molecule has 0 fully saturated rings. The molecule has 0 bridgehead atoms. The summed E-state index contributed by atoms with van der Waals surface area (Å²) in [5, 5.41) is -0.295. The predicted octanol–water partition coefficient (Wildman–Crippen LogP) is 2.97. The minimum atomic E-state index is -3.92. The third-order valence-electron chi connectivity index (χ3n) is 4.28. The molecule has 162 valence electrons. The molecule has 0 unspecified atom stereocenters. The highest BCUT2D eigenvalue weighted by Gasteiger charge is 2.16. The van der Waals surface area contributed by atoms with Crippen LogP contribution in [0.3, 0.4) is 0 Å². The monoisotopic (exact) mass is 464 g/mol. The van der Waals surface area contributed by atoms with Crippen LogP contribution in [0.15, 0.2) is 53.8 Å². The summed E-state index contributed by atoms with van der Waals surface area (Å²) in [6.07, 6.45) is 4.97. The van der Waals surface area contributed by atoms with Crippen LogP contribution < -0.4 is 9.46 Å². The molecule has 1 N–H and O–H groups in total. The van der Waals surface area contributed by atoms with Crippen molar-refractivity contribution in [2.45, 2.75) is 24.3 Å². The molecule has 3 rings (SSSR count). The van der Waals surface area contributed by atoms with Crippen molar-refractivity contribution < 1.29 is 22.3 Å². The molecule has 2 heterocycles. The van der Waals surface area contributed by atoms with Gasteiger partial charge < -0.3 is 4.74 Å². The first kappa shape index (κ1) is 22.7. The summed E-state index contributed by atoms with van der Waals surface area (Å²) < 4.78 is 45.1. The Morgan fingerprint density at radius 1 is 1.13 bits per heavy atom. The number of methoxy groups -OCH3 is 1. The molecule has 8 nitrogen and oxygen atoms in total. The van der Waals surface area contributed by atoms with Crippen LogP contribution in [0.1, 0.15) is 28.2 Å². The SMILES string of the molecule is COc1ccc(CCC(=O)c2cnc(CNS(=O)(=O)c3ccc(F)c(Cl)c3)cn2)cn1. The number of carbonyl (C=O) groups excluding carboxylic acids is 1. The number of hydrogen-bond acceptors (Lipinski definition) is 7. The Kier molecular flexibility index (Phi) is 7.26. The van der Waals surface area contributed by atoms with Gasteiger partial charge in [0.2, 0.25) is 15.9 Å². The summed E-state index contributed by atoms with van der Waals surface area (Å²) in [5.41, 5.74) is 1.38. The molecule has 31 heavy (non-hydrogen) atoms. The van der Waals surface area contributed by atoms with E-state index in [4.69, 9.17) is 16.3 Å². The maximum Gasteiger partial charge on any atom is 0.240 e. The van der Waals surface area contributed by atoms with Crippen LogP contribution in [0, 0.1) is 5.82 Å². The molecule has 0 radical (unpaired) electrons. The van der Waals surface area contributed by atoms with Gasteiger partial charge in [0.05, 0.1) is 41.7 Å². The van der Waals surface area contributed by atoms with Gasteiger partial charge in [-0.05, 0) is 30.2 Å². The van der Waals surface area contributed by atoms with Crippen molar-refractivity contribution in [1.29, 1.82) is 0 Å². The fraction of sp³-hybridized carbons (Fsp3) is 0.200. The van der Waals surface area contributed by atoms with Crippen LogP contribution in [0.2, 0.25) is 5.02 Å². The number of nitrogens with one attached hydrogen (secondary N) is 1. The van der Waals surface area contributed by atoms with Crippen molar-refractivity contribution in [2.75, 3.05) is 7.11 Å². The number of nitrogens with zero attached hydrogens (tertiary/aromatic N) is 3. The Morgan fingerprint density at radius 3 is 2.55 bits per heavy atom. The van der Waals surface area contributed by atoms with Gasteiger partial charge in [0.25, 0.3) is 0 Å². The summed E-state index contributed by atoms with van der Waals surface area (Å²) in [7, 11) is -2.39. The first-order valence-electron chi connectivity index (χ1n) is 9.06. The number of pyridine rings is 1. The highest BCUT2D eigenvalue weighted by atomic mass is 35.5. The van der Waals surface area contributed by atoms with E-state index < -0.39 is 15.8 Å². The number of ether oxygens (including phenoxy) is 1. The minimum absolute atomic E-state index is 0.156. The Labute approximate surface area is 183 Å². The topological polar surface area (TPSA) is 111 Å². The van der Waals surface area contributed by atoms with Gasteiger partial charge in [0.1, 0.15) is 11.5 Å². The lowest BCUT2D eigenvalue weighted by atomic mass is 10.1. The molecular weight excluding hydrogens is 447 g/mol. The molecule has 0 aliphatic carbocycles. The number of sulfonamides is 1. The number of aromatic nitrogens is 3. The highest BCUT2D eigenvalue weighted by molar-refractivity contribution is 7.89. The van der Waals surface area contributed by atoms with Crippen LogP contribution in [0.5, 0.6) is 5.88 Å². The molecule has 11 heteroatoms. The largest absolute Gasteiger partial charge is 0.481 e. The van der Waals surface area contributed by atoms with E-state index in [0.29, 0.717) is 18.0 Å². The molecule has 2 aromatic heterocycles. The second-order valence-corrected chi connectivity index (χ2v) is 8.60. The molecule has 1 aromatic carbocycles. The van der Waals surface area contributed by atoms with Crippen LogP contribution in [0.4, 0.5) is 4.39 Å². The van der Waals surface area contributed by atoms with E-state index in [1.807, 2.05) is 6.07 Å². The number of ketones is 1. The normalized spacial score (nSPS) is 11.3. The Hall–Kier alpha value is -2.95. The summed E-state index contributed by atoms with van der Waals surface area (Å²) in [5.74, 6) is -0.416. The lowest BCUT2D eigenvalue weighted by molar-refractivity contribution is 0.0977. The van der Waals surface area contributed by atoms with Crippen LogP contribution in [0.25, 0.3) is 0 Å². The predicted molar refractivity (Wildman–Crippen MR) is 111 cm³/mol. The zero-order valence-electron chi connectivity index (χ0n) is 16.4. The average molecular weight is 465 g/mol. The highest BCUT2D eigenvalue weighted by Crippen LogP contribution is 2.19. The lowest BCUT2D eigenvalue weighted by Gasteiger charge is -2.07. The van der Waals surface area contributed by atoms with Crippen molar-refractivity contribution in [2.24, 2.45) is 0 Å². The van der Waals surface area contributed by atoms with E-state index in [0.717, 1.165) is 23.8 Å². The standard InChI is InChI=1S/C20H18ClFN4O4S/c1-30-20-7-3-13(9-25-20)2-6-19(27)18-12-23-14(10-24-18)11-26-31(28,29)15-4-5-17(22)16(21)8-15/h3-5,7-10,12,26H,2,6,11H2,1H3. The fourth-order valence-electron chi connectivity index (χ4n) is 2.55. The smallest absolute Gasteiger partial charge is 0.240 e. The first-order chi connectivity index (χ1) is 14.8. The number of benzene rings is 1. The van der Waals surface area contributed by atoms with Gasteiger partial charge >= 0.3 is 0 Å². The molecule has 0 amide bonds. The molecule has 3 aromatic rings. The lowest BCUT2D eigenvalue weighted by Crippen LogP contribution is -2.24. The van der Waals surface area contributed by atoms with E-state index in [1.165, 1.54) is 19.5 Å².